The van der Waals surface area contributed by atoms with E-state index in [2.05, 4.69) is 35.5 Å². The first-order valence-corrected chi connectivity index (χ1v) is 13.6. The number of halogens is 3. The highest BCUT2D eigenvalue weighted by Crippen LogP contribution is 2.44. The summed E-state index contributed by atoms with van der Waals surface area (Å²) in [6.45, 7) is 0. The third-order valence-corrected chi connectivity index (χ3v) is 7.47. The zero-order valence-corrected chi connectivity index (χ0v) is 22.4. The number of hydrogen-bond acceptors (Lipinski definition) is 8. The van der Waals surface area contributed by atoms with Crippen LogP contribution in [-0.2, 0) is 28.9 Å². The number of benzene rings is 1. The van der Waals surface area contributed by atoms with Crippen LogP contribution in [0.25, 0.3) is 0 Å². The van der Waals surface area contributed by atoms with Crippen LogP contribution in [0.3, 0.4) is 0 Å². The number of carbonyl (C=O) groups is 2. The van der Waals surface area contributed by atoms with Crippen molar-refractivity contribution in [1.29, 1.82) is 0 Å². The van der Waals surface area contributed by atoms with Crippen LogP contribution in [0, 0.1) is 5.92 Å². The van der Waals surface area contributed by atoms with Crippen LogP contribution in [0.4, 0.5) is 24.1 Å². The van der Waals surface area contributed by atoms with Gasteiger partial charge in [0.15, 0.2) is 0 Å². The van der Waals surface area contributed by atoms with E-state index in [1.807, 2.05) is 12.1 Å². The number of nitrogens with one attached hydrogen (secondary N) is 2. The first-order chi connectivity index (χ1) is 19.7. The molecular weight excluding hydrogens is 557 g/mol. The van der Waals surface area contributed by atoms with Gasteiger partial charge in [-0.2, -0.15) is 0 Å². The van der Waals surface area contributed by atoms with Gasteiger partial charge >= 0.3 is 6.36 Å². The van der Waals surface area contributed by atoms with Gasteiger partial charge < -0.3 is 15.4 Å². The lowest BCUT2D eigenvalue weighted by atomic mass is 9.72. The maximum absolute atomic E-state index is 12.4. The van der Waals surface area contributed by atoms with Crippen LogP contribution in [-0.4, -0.2) is 38.3 Å². The van der Waals surface area contributed by atoms with E-state index >= 15 is 0 Å². The summed E-state index contributed by atoms with van der Waals surface area (Å²) in [6, 6.07) is 12.5. The van der Waals surface area contributed by atoms with E-state index in [1.54, 1.807) is 36.8 Å². The molecule has 0 aliphatic heterocycles. The maximum Gasteiger partial charge on any atom is 0.573 e. The van der Waals surface area contributed by atoms with Gasteiger partial charge in [-0.3, -0.25) is 14.6 Å². The summed E-state index contributed by atoms with van der Waals surface area (Å²) in [5, 5.41) is 15.2. The fraction of sp³-hybridized carbons (Fsp3) is 0.286. The molecule has 9 nitrogen and oxygen atoms in total. The summed E-state index contributed by atoms with van der Waals surface area (Å²) in [4.78, 5) is 32.9. The second kappa shape index (κ2) is 12.4. The summed E-state index contributed by atoms with van der Waals surface area (Å²) in [6.07, 6.45) is 3.06. The summed E-state index contributed by atoms with van der Waals surface area (Å²) in [7, 11) is 0. The van der Waals surface area contributed by atoms with Gasteiger partial charge in [0.25, 0.3) is 0 Å². The Morgan fingerprint density at radius 1 is 0.927 bits per heavy atom. The van der Waals surface area contributed by atoms with E-state index in [4.69, 9.17) is 0 Å². The number of amides is 2. The van der Waals surface area contributed by atoms with Gasteiger partial charge in [-0.15, -0.1) is 23.4 Å². The Balaban J connectivity index is 1.04. The van der Waals surface area contributed by atoms with Crippen molar-refractivity contribution >= 4 is 34.1 Å². The Kier molecular flexibility index (Phi) is 8.53. The van der Waals surface area contributed by atoms with Crippen LogP contribution >= 0.6 is 11.3 Å². The molecule has 0 spiro atoms. The topological polar surface area (TPSA) is 119 Å². The highest BCUT2D eigenvalue weighted by Gasteiger charge is 2.33. The predicted molar refractivity (Wildman–Crippen MR) is 145 cm³/mol. The lowest BCUT2D eigenvalue weighted by Crippen LogP contribution is -2.23. The molecule has 4 aromatic rings. The summed E-state index contributed by atoms with van der Waals surface area (Å²) in [5.41, 5.74) is 2.24. The normalized spacial score (nSPS) is 16.5. The molecule has 13 heteroatoms. The molecule has 0 saturated heterocycles. The minimum absolute atomic E-state index is 0.122. The first kappa shape index (κ1) is 28.1. The summed E-state index contributed by atoms with van der Waals surface area (Å²) in [5.74, 6) is 0.178. The number of pyridine rings is 2. The molecule has 0 atom stereocenters. The maximum atomic E-state index is 12.4. The van der Waals surface area contributed by atoms with Gasteiger partial charge in [0.1, 0.15) is 16.6 Å². The monoisotopic (exact) mass is 582 g/mol. The lowest BCUT2D eigenvalue weighted by Gasteiger charge is -2.33. The van der Waals surface area contributed by atoms with Crippen LogP contribution < -0.4 is 15.4 Å². The van der Waals surface area contributed by atoms with E-state index in [1.165, 1.54) is 29.5 Å². The average Bonchev–Trinajstić information content (AvgIpc) is 3.34. The second-order valence-electron chi connectivity index (χ2n) is 9.74. The minimum atomic E-state index is -4.80. The fourth-order valence-electron chi connectivity index (χ4n) is 4.58. The fourth-order valence-corrected chi connectivity index (χ4v) is 5.47. The molecular formula is C28H25F3N6O3S. The summed E-state index contributed by atoms with van der Waals surface area (Å²) < 4.78 is 41.2. The van der Waals surface area contributed by atoms with Crippen molar-refractivity contribution in [1.82, 2.24) is 20.2 Å². The number of alkyl halides is 3. The minimum Gasteiger partial charge on any atom is -0.406 e. The standard InChI is InChI=1S/C28H25F3N6O3S/c29-28(30,31)40-22-5-1-3-17(12-22)13-24(38)34-23-7-6-19(16-33-23)9-20-10-21(11-20)26-36-37-27(41-26)35-25(39)14-18-4-2-8-32-15-18/h1-8,12,15-16,20-21H,9-11,13-14H2,(H,33,34,38)(H,35,37,39). The van der Waals surface area contributed by atoms with Crippen molar-refractivity contribution in [3.63, 3.8) is 0 Å². The Morgan fingerprint density at radius 3 is 2.44 bits per heavy atom. The number of rotatable bonds is 10. The third-order valence-electron chi connectivity index (χ3n) is 6.47. The molecule has 5 rings (SSSR count). The zero-order chi connectivity index (χ0) is 28.8. The molecule has 1 aliphatic rings. The van der Waals surface area contributed by atoms with Gasteiger partial charge in [-0.25, -0.2) is 4.98 Å². The van der Waals surface area contributed by atoms with Crippen molar-refractivity contribution in [2.75, 3.05) is 10.6 Å². The van der Waals surface area contributed by atoms with E-state index in [0.29, 0.717) is 28.3 Å². The lowest BCUT2D eigenvalue weighted by molar-refractivity contribution is -0.274. The van der Waals surface area contributed by atoms with Crippen molar-refractivity contribution in [2.24, 2.45) is 5.92 Å². The molecule has 1 fully saturated rings. The molecule has 41 heavy (non-hydrogen) atoms. The highest BCUT2D eigenvalue weighted by atomic mass is 32.1. The van der Waals surface area contributed by atoms with E-state index in [-0.39, 0.29) is 24.5 Å². The second-order valence-corrected chi connectivity index (χ2v) is 10.8. The number of aromatic nitrogens is 4. The Morgan fingerprint density at radius 2 is 1.71 bits per heavy atom. The molecule has 0 bridgehead atoms. The van der Waals surface area contributed by atoms with Crippen LogP contribution in [0.5, 0.6) is 5.75 Å². The number of anilines is 2. The van der Waals surface area contributed by atoms with Gasteiger partial charge in [-0.1, -0.05) is 35.6 Å². The predicted octanol–water partition coefficient (Wildman–Crippen LogP) is 5.33. The molecule has 212 valence electrons. The molecule has 0 radical (unpaired) electrons. The Hall–Kier alpha value is -4.39. The van der Waals surface area contributed by atoms with Crippen molar-refractivity contribution < 1.29 is 27.5 Å². The average molecular weight is 583 g/mol. The van der Waals surface area contributed by atoms with Gasteiger partial charge in [0.2, 0.25) is 16.9 Å². The number of hydrogen-bond donors (Lipinski definition) is 2. The van der Waals surface area contributed by atoms with Gasteiger partial charge in [0.05, 0.1) is 12.8 Å². The van der Waals surface area contributed by atoms with Gasteiger partial charge in [-0.05, 0) is 66.1 Å². The molecule has 1 saturated carbocycles. The highest BCUT2D eigenvalue weighted by molar-refractivity contribution is 7.15. The number of ether oxygens (including phenoxy) is 1. The summed E-state index contributed by atoms with van der Waals surface area (Å²) >= 11 is 1.40. The van der Waals surface area contributed by atoms with Crippen molar-refractivity contribution in [3.05, 3.63) is 88.8 Å². The first-order valence-electron chi connectivity index (χ1n) is 12.8. The number of carbonyl (C=O) groups excluding carboxylic acids is 2. The molecule has 3 heterocycles. The largest absolute Gasteiger partial charge is 0.573 e. The SMILES string of the molecule is O=C(Cc1cccc(OC(F)(F)F)c1)Nc1ccc(CC2CC(c3nnc(NC(=O)Cc4cccnc4)s3)C2)cn1. The molecule has 0 unspecified atom stereocenters. The molecule has 1 aromatic carbocycles. The van der Waals surface area contributed by atoms with E-state index in [9.17, 15) is 22.8 Å². The molecule has 1 aliphatic carbocycles. The number of nitrogens with zero attached hydrogens (tertiary/aromatic N) is 4. The molecule has 2 amide bonds. The molecule has 3 aromatic heterocycles. The van der Waals surface area contributed by atoms with Crippen LogP contribution in [0.1, 0.15) is 40.5 Å². The zero-order valence-electron chi connectivity index (χ0n) is 21.6. The van der Waals surface area contributed by atoms with E-state index < -0.39 is 12.3 Å². The van der Waals surface area contributed by atoms with Gasteiger partial charge in [0, 0.05) is 24.5 Å². The quantitative estimate of drug-likeness (QED) is 0.260. The van der Waals surface area contributed by atoms with Crippen molar-refractivity contribution in [2.45, 2.75) is 44.4 Å². The van der Waals surface area contributed by atoms with Crippen LogP contribution in [0.2, 0.25) is 0 Å². The van der Waals surface area contributed by atoms with Crippen LogP contribution in [0.15, 0.2) is 67.1 Å². The smallest absolute Gasteiger partial charge is 0.406 e. The Bertz CT molecular complexity index is 1490. The van der Waals surface area contributed by atoms with E-state index in [0.717, 1.165) is 35.4 Å². The third kappa shape index (κ3) is 8.30. The Labute approximate surface area is 237 Å². The molecule has 2 N–H and O–H groups in total. The van der Waals surface area contributed by atoms with Crippen molar-refractivity contribution in [3.8, 4) is 5.75 Å².